The summed E-state index contributed by atoms with van der Waals surface area (Å²) in [7, 11) is 1.32. The summed E-state index contributed by atoms with van der Waals surface area (Å²) in [6.07, 6.45) is -0.681. The van der Waals surface area contributed by atoms with Crippen LogP contribution in [0.3, 0.4) is 0 Å². The Morgan fingerprint density at radius 1 is 1.36 bits per heavy atom. The third kappa shape index (κ3) is 7.37. The third-order valence-electron chi connectivity index (χ3n) is 2.74. The number of ether oxygens (including phenoxy) is 3. The molecule has 0 aliphatic rings. The monoisotopic (exact) mass is 313 g/mol. The topological polar surface area (TPSA) is 97.3 Å². The second-order valence-electron chi connectivity index (χ2n) is 4.52. The van der Waals surface area contributed by atoms with Crippen molar-refractivity contribution in [1.29, 1.82) is 0 Å². The van der Waals surface area contributed by atoms with Crippen LogP contribution in [-0.2, 0) is 9.47 Å². The maximum atomic E-state index is 11.4. The summed E-state index contributed by atoms with van der Waals surface area (Å²) in [6.45, 7) is 1.82. The van der Waals surface area contributed by atoms with Crippen LogP contribution in [0, 0.1) is 0 Å². The number of esters is 1. The number of hydrogen-bond acceptors (Lipinski definition) is 7. The van der Waals surface area contributed by atoms with Crippen molar-refractivity contribution >= 4 is 5.97 Å². The van der Waals surface area contributed by atoms with Crippen molar-refractivity contribution in [2.24, 2.45) is 0 Å². The van der Waals surface area contributed by atoms with Gasteiger partial charge in [-0.1, -0.05) is 6.07 Å². The van der Waals surface area contributed by atoms with Gasteiger partial charge in [0.2, 0.25) is 0 Å². The van der Waals surface area contributed by atoms with E-state index in [2.05, 4.69) is 10.1 Å². The van der Waals surface area contributed by atoms with Gasteiger partial charge in [-0.3, -0.25) is 0 Å². The van der Waals surface area contributed by atoms with Crippen molar-refractivity contribution in [2.45, 2.75) is 6.10 Å². The summed E-state index contributed by atoms with van der Waals surface area (Å²) in [4.78, 5) is 11.4. The Bertz CT molecular complexity index is 440. The molecule has 1 aromatic rings. The number of carbonyl (C=O) groups is 1. The maximum Gasteiger partial charge on any atom is 0.337 e. The molecule has 7 nitrogen and oxygen atoms in total. The first-order chi connectivity index (χ1) is 10.7. The van der Waals surface area contributed by atoms with Gasteiger partial charge in [0.05, 0.1) is 32.5 Å². The molecule has 0 aliphatic heterocycles. The van der Waals surface area contributed by atoms with E-state index in [1.165, 1.54) is 7.11 Å². The van der Waals surface area contributed by atoms with Crippen LogP contribution in [0.4, 0.5) is 0 Å². The predicted molar refractivity (Wildman–Crippen MR) is 80.1 cm³/mol. The molecule has 1 aromatic carbocycles. The second-order valence-corrected chi connectivity index (χ2v) is 4.52. The normalized spacial score (nSPS) is 12.0. The van der Waals surface area contributed by atoms with E-state index >= 15 is 0 Å². The Hall–Kier alpha value is -1.67. The predicted octanol–water partition coefficient (Wildman–Crippen LogP) is -0.189. The number of aliphatic hydroxyl groups excluding tert-OH is 2. The van der Waals surface area contributed by atoms with Crippen LogP contribution in [0.2, 0.25) is 0 Å². The van der Waals surface area contributed by atoms with E-state index < -0.39 is 12.1 Å². The smallest absolute Gasteiger partial charge is 0.337 e. The fraction of sp³-hybridized carbons (Fsp3) is 0.533. The Kier molecular flexibility index (Phi) is 9.17. The van der Waals surface area contributed by atoms with Gasteiger partial charge in [-0.15, -0.1) is 0 Å². The van der Waals surface area contributed by atoms with Crippen LogP contribution in [0.25, 0.3) is 0 Å². The minimum Gasteiger partial charge on any atom is -0.491 e. The van der Waals surface area contributed by atoms with Gasteiger partial charge >= 0.3 is 5.97 Å². The average Bonchev–Trinajstić information content (AvgIpc) is 2.55. The molecule has 0 saturated carbocycles. The number of rotatable bonds is 11. The summed E-state index contributed by atoms with van der Waals surface area (Å²) in [5, 5.41) is 21.3. The number of carbonyl (C=O) groups excluding carboxylic acids is 1. The van der Waals surface area contributed by atoms with E-state index in [9.17, 15) is 9.90 Å². The van der Waals surface area contributed by atoms with Crippen LogP contribution < -0.4 is 10.1 Å². The number of benzene rings is 1. The molecular formula is C15H23NO6. The van der Waals surface area contributed by atoms with Gasteiger partial charge in [0, 0.05) is 13.1 Å². The van der Waals surface area contributed by atoms with E-state index in [4.69, 9.17) is 14.6 Å². The van der Waals surface area contributed by atoms with E-state index in [1.54, 1.807) is 24.3 Å². The number of hydrogen-bond donors (Lipinski definition) is 3. The molecule has 1 rings (SSSR count). The van der Waals surface area contributed by atoms with E-state index in [-0.39, 0.29) is 13.2 Å². The van der Waals surface area contributed by atoms with Crippen molar-refractivity contribution in [3.05, 3.63) is 29.8 Å². The summed E-state index contributed by atoms with van der Waals surface area (Å²) >= 11 is 0. The summed E-state index contributed by atoms with van der Waals surface area (Å²) in [5.41, 5.74) is 0.397. The Labute approximate surface area is 129 Å². The lowest BCUT2D eigenvalue weighted by Crippen LogP contribution is -2.33. The van der Waals surface area contributed by atoms with Crippen LogP contribution in [0.15, 0.2) is 24.3 Å². The molecular weight excluding hydrogens is 290 g/mol. The highest BCUT2D eigenvalue weighted by Crippen LogP contribution is 2.14. The van der Waals surface area contributed by atoms with Crippen LogP contribution >= 0.6 is 0 Å². The van der Waals surface area contributed by atoms with Crippen LogP contribution in [0.5, 0.6) is 5.75 Å². The Balaban J connectivity index is 2.23. The SMILES string of the molecule is COC(=O)c1cccc(OC[C@@H](O)CNCCOCCO)c1. The molecule has 0 bridgehead atoms. The molecule has 3 N–H and O–H groups in total. The molecule has 0 spiro atoms. The van der Waals surface area contributed by atoms with Gasteiger partial charge < -0.3 is 29.7 Å². The summed E-state index contributed by atoms with van der Waals surface area (Å²) in [5.74, 6) is 0.0590. The molecule has 0 fully saturated rings. The van der Waals surface area contributed by atoms with Crippen molar-refractivity contribution in [3.8, 4) is 5.75 Å². The zero-order chi connectivity index (χ0) is 16.2. The summed E-state index contributed by atoms with van der Waals surface area (Å²) in [6, 6.07) is 6.58. The highest BCUT2D eigenvalue weighted by Gasteiger charge is 2.08. The molecule has 1 atom stereocenters. The minimum atomic E-state index is -0.681. The quantitative estimate of drug-likeness (QED) is 0.385. The highest BCUT2D eigenvalue weighted by atomic mass is 16.5. The lowest BCUT2D eigenvalue weighted by Gasteiger charge is -2.13. The van der Waals surface area contributed by atoms with Crippen molar-refractivity contribution in [1.82, 2.24) is 5.32 Å². The number of methoxy groups -OCH3 is 1. The molecule has 7 heteroatoms. The first-order valence-corrected chi connectivity index (χ1v) is 7.06. The highest BCUT2D eigenvalue weighted by molar-refractivity contribution is 5.89. The van der Waals surface area contributed by atoms with Crippen molar-refractivity contribution in [2.75, 3.05) is 46.6 Å². The largest absolute Gasteiger partial charge is 0.491 e. The van der Waals surface area contributed by atoms with Gasteiger partial charge in [0.1, 0.15) is 18.5 Å². The zero-order valence-corrected chi connectivity index (χ0v) is 12.7. The third-order valence-corrected chi connectivity index (χ3v) is 2.74. The molecule has 22 heavy (non-hydrogen) atoms. The summed E-state index contributed by atoms with van der Waals surface area (Å²) < 4.78 is 15.1. The molecule has 0 aliphatic carbocycles. The minimum absolute atomic E-state index is 0.00109. The first kappa shape index (κ1) is 18.4. The van der Waals surface area contributed by atoms with Crippen molar-refractivity contribution in [3.63, 3.8) is 0 Å². The molecule has 0 heterocycles. The first-order valence-electron chi connectivity index (χ1n) is 7.06. The molecule has 0 amide bonds. The molecule has 0 aromatic heterocycles. The second kappa shape index (κ2) is 11.0. The van der Waals surface area contributed by atoms with Gasteiger partial charge in [-0.05, 0) is 18.2 Å². The number of aliphatic hydroxyl groups is 2. The van der Waals surface area contributed by atoms with Gasteiger partial charge in [0.25, 0.3) is 0 Å². The van der Waals surface area contributed by atoms with E-state index in [0.29, 0.717) is 37.6 Å². The van der Waals surface area contributed by atoms with E-state index in [0.717, 1.165) is 0 Å². The van der Waals surface area contributed by atoms with Crippen LogP contribution in [0.1, 0.15) is 10.4 Å². The lowest BCUT2D eigenvalue weighted by molar-refractivity contribution is 0.0600. The van der Waals surface area contributed by atoms with Crippen LogP contribution in [-0.4, -0.2) is 68.9 Å². The Morgan fingerprint density at radius 3 is 2.91 bits per heavy atom. The Morgan fingerprint density at radius 2 is 2.18 bits per heavy atom. The molecule has 124 valence electrons. The van der Waals surface area contributed by atoms with Gasteiger partial charge in [0.15, 0.2) is 0 Å². The molecule has 0 unspecified atom stereocenters. The van der Waals surface area contributed by atoms with Gasteiger partial charge in [-0.25, -0.2) is 4.79 Å². The average molecular weight is 313 g/mol. The fourth-order valence-corrected chi connectivity index (χ4v) is 1.66. The number of nitrogens with one attached hydrogen (secondary N) is 1. The standard InChI is InChI=1S/C15H23NO6/c1-20-15(19)12-3-2-4-14(9-12)22-11-13(18)10-16-5-7-21-8-6-17/h2-4,9,13,16-18H,5-8,10-11H2,1H3/t13-/m0/s1. The zero-order valence-electron chi connectivity index (χ0n) is 12.7. The van der Waals surface area contributed by atoms with Crippen molar-refractivity contribution < 1.29 is 29.2 Å². The lowest BCUT2D eigenvalue weighted by atomic mass is 10.2. The maximum absolute atomic E-state index is 11.4. The van der Waals surface area contributed by atoms with Gasteiger partial charge in [-0.2, -0.15) is 0 Å². The molecule has 0 radical (unpaired) electrons. The fourth-order valence-electron chi connectivity index (χ4n) is 1.66. The van der Waals surface area contributed by atoms with E-state index in [1.807, 2.05) is 0 Å². The molecule has 0 saturated heterocycles.